The van der Waals surface area contributed by atoms with Crippen molar-refractivity contribution >= 4 is 5.91 Å². The van der Waals surface area contributed by atoms with Crippen molar-refractivity contribution in [2.45, 2.75) is 53.1 Å². The van der Waals surface area contributed by atoms with Gasteiger partial charge in [0.15, 0.2) is 0 Å². The van der Waals surface area contributed by atoms with E-state index in [1.165, 1.54) is 0 Å². The van der Waals surface area contributed by atoms with Crippen LogP contribution in [0.25, 0.3) is 0 Å². The molecule has 3 heteroatoms. The molecular formula is C13H26N2O. The molecule has 0 aliphatic carbocycles. The van der Waals surface area contributed by atoms with Crippen molar-refractivity contribution < 1.29 is 4.79 Å². The fourth-order valence-electron chi connectivity index (χ4n) is 2.40. The lowest BCUT2D eigenvalue weighted by Crippen LogP contribution is -2.65. The molecule has 0 aromatic heterocycles. The van der Waals surface area contributed by atoms with Gasteiger partial charge in [-0.2, -0.15) is 0 Å². The zero-order valence-corrected chi connectivity index (χ0v) is 11.8. The second-order valence-electron chi connectivity index (χ2n) is 6.89. The normalized spacial score (nSPS) is 25.1. The third-order valence-corrected chi connectivity index (χ3v) is 3.28. The monoisotopic (exact) mass is 226 g/mol. The lowest BCUT2D eigenvalue weighted by Gasteiger charge is -2.50. The number of nitrogens with zero attached hydrogens (tertiary/aromatic N) is 2. The minimum atomic E-state index is -0.0148. The molecule has 1 atom stereocenters. The molecule has 0 saturated carbocycles. The van der Waals surface area contributed by atoms with Crippen molar-refractivity contribution in [3.05, 3.63) is 0 Å². The number of hydrogen-bond donors (Lipinski definition) is 0. The first-order valence-corrected chi connectivity index (χ1v) is 6.07. The Bertz CT molecular complexity index is 273. The molecule has 0 spiro atoms. The maximum Gasteiger partial charge on any atom is 0.240 e. The summed E-state index contributed by atoms with van der Waals surface area (Å²) in [6, 6.07) is -0.00810. The molecule has 0 N–H and O–H groups in total. The highest BCUT2D eigenvalue weighted by atomic mass is 16.2. The van der Waals surface area contributed by atoms with Crippen molar-refractivity contribution in [1.82, 2.24) is 9.80 Å². The summed E-state index contributed by atoms with van der Waals surface area (Å²) in [7, 11) is 1.90. The summed E-state index contributed by atoms with van der Waals surface area (Å²) < 4.78 is 0. The maximum absolute atomic E-state index is 12.3. The van der Waals surface area contributed by atoms with Gasteiger partial charge in [0.2, 0.25) is 5.91 Å². The molecule has 1 saturated heterocycles. The Balaban J connectivity index is 3.05. The van der Waals surface area contributed by atoms with Gasteiger partial charge < -0.3 is 4.90 Å². The Kier molecular flexibility index (Phi) is 3.39. The van der Waals surface area contributed by atoms with E-state index in [9.17, 15) is 4.79 Å². The van der Waals surface area contributed by atoms with Crippen LogP contribution in [-0.4, -0.2) is 47.4 Å². The van der Waals surface area contributed by atoms with Gasteiger partial charge in [-0.3, -0.25) is 9.69 Å². The first kappa shape index (κ1) is 13.5. The zero-order valence-electron chi connectivity index (χ0n) is 11.8. The second-order valence-corrected chi connectivity index (χ2v) is 6.89. The third kappa shape index (κ3) is 2.57. The van der Waals surface area contributed by atoms with Crippen LogP contribution in [0.5, 0.6) is 0 Å². The van der Waals surface area contributed by atoms with E-state index in [1.54, 1.807) is 0 Å². The van der Waals surface area contributed by atoms with Crippen LogP contribution in [0, 0.1) is 5.41 Å². The lowest BCUT2D eigenvalue weighted by molar-refractivity contribution is -0.150. The van der Waals surface area contributed by atoms with Gasteiger partial charge in [0.1, 0.15) is 0 Å². The van der Waals surface area contributed by atoms with E-state index in [0.29, 0.717) is 0 Å². The fourth-order valence-corrected chi connectivity index (χ4v) is 2.40. The molecule has 1 heterocycles. The predicted molar refractivity (Wildman–Crippen MR) is 67.3 cm³/mol. The summed E-state index contributed by atoms with van der Waals surface area (Å²) in [5.41, 5.74) is 0.0356. The molecule has 0 radical (unpaired) electrons. The van der Waals surface area contributed by atoms with Gasteiger partial charge in [-0.25, -0.2) is 0 Å². The first-order valence-electron chi connectivity index (χ1n) is 6.07. The van der Waals surface area contributed by atoms with E-state index >= 15 is 0 Å². The highest BCUT2D eigenvalue weighted by molar-refractivity contribution is 5.83. The van der Waals surface area contributed by atoms with Crippen LogP contribution in [0.4, 0.5) is 0 Å². The Morgan fingerprint density at radius 2 is 1.56 bits per heavy atom. The summed E-state index contributed by atoms with van der Waals surface area (Å²) in [4.78, 5) is 16.5. The molecule has 94 valence electrons. The maximum atomic E-state index is 12.3. The largest absolute Gasteiger partial charge is 0.343 e. The second kappa shape index (κ2) is 4.02. The lowest BCUT2D eigenvalue weighted by atomic mass is 9.81. The number of likely N-dealkylation sites (N-methyl/N-ethyl adjacent to an activating group) is 1. The summed E-state index contributed by atoms with van der Waals surface area (Å²) in [6.07, 6.45) is 0. The Labute approximate surface area is 99.8 Å². The molecule has 16 heavy (non-hydrogen) atoms. The number of amides is 1. The van der Waals surface area contributed by atoms with Gasteiger partial charge in [-0.15, -0.1) is 0 Å². The molecule has 0 aromatic rings. The average molecular weight is 226 g/mol. The van der Waals surface area contributed by atoms with Crippen LogP contribution in [-0.2, 0) is 4.79 Å². The van der Waals surface area contributed by atoms with Gasteiger partial charge in [0.25, 0.3) is 0 Å². The van der Waals surface area contributed by atoms with E-state index in [-0.39, 0.29) is 22.9 Å². The summed E-state index contributed by atoms with van der Waals surface area (Å²) >= 11 is 0. The van der Waals surface area contributed by atoms with E-state index in [2.05, 4.69) is 46.4 Å². The van der Waals surface area contributed by atoms with Crippen molar-refractivity contribution in [3.8, 4) is 0 Å². The third-order valence-electron chi connectivity index (χ3n) is 3.28. The molecule has 3 nitrogen and oxygen atoms in total. The fraction of sp³-hybridized carbons (Fsp3) is 0.923. The number of hydrogen-bond acceptors (Lipinski definition) is 2. The van der Waals surface area contributed by atoms with Gasteiger partial charge in [0, 0.05) is 25.7 Å². The Hall–Kier alpha value is -0.570. The zero-order chi connectivity index (χ0) is 12.7. The van der Waals surface area contributed by atoms with Gasteiger partial charge in [0.05, 0.1) is 6.04 Å². The van der Waals surface area contributed by atoms with E-state index < -0.39 is 0 Å². The molecule has 1 rings (SSSR count). The van der Waals surface area contributed by atoms with Gasteiger partial charge >= 0.3 is 0 Å². The molecule has 0 unspecified atom stereocenters. The molecule has 1 aliphatic rings. The predicted octanol–water partition coefficient (Wildman–Crippen LogP) is 1.97. The number of carbonyl (C=O) groups excluding carboxylic acids is 1. The number of piperazine rings is 1. The van der Waals surface area contributed by atoms with Crippen LogP contribution in [0.3, 0.4) is 0 Å². The van der Waals surface area contributed by atoms with Crippen LogP contribution in [0.2, 0.25) is 0 Å². The number of carbonyl (C=O) groups is 1. The van der Waals surface area contributed by atoms with Crippen molar-refractivity contribution in [3.63, 3.8) is 0 Å². The minimum Gasteiger partial charge on any atom is -0.343 e. The molecular weight excluding hydrogens is 200 g/mol. The Morgan fingerprint density at radius 3 is 1.94 bits per heavy atom. The molecule has 1 fully saturated rings. The van der Waals surface area contributed by atoms with Gasteiger partial charge in [-0.1, -0.05) is 20.8 Å². The summed E-state index contributed by atoms with van der Waals surface area (Å²) in [5, 5.41) is 0. The van der Waals surface area contributed by atoms with Crippen LogP contribution in [0.1, 0.15) is 41.5 Å². The standard InChI is InChI=1S/C13H26N2O/c1-12(2,3)10-11(16)14(7)8-9-15(10)13(4,5)6/h10H,8-9H2,1-7H3/t10-/m1/s1. The average Bonchev–Trinajstić information content (AvgIpc) is 2.05. The summed E-state index contributed by atoms with van der Waals surface area (Å²) in [5.74, 6) is 0.258. The van der Waals surface area contributed by atoms with Crippen LogP contribution < -0.4 is 0 Å². The Morgan fingerprint density at radius 1 is 1.06 bits per heavy atom. The SMILES string of the molecule is CN1CCN(C(C)(C)C)[C@@H](C(C)(C)C)C1=O. The summed E-state index contributed by atoms with van der Waals surface area (Å²) in [6.45, 7) is 14.8. The van der Waals surface area contributed by atoms with Crippen molar-refractivity contribution in [2.24, 2.45) is 5.41 Å². The molecule has 1 aliphatic heterocycles. The first-order chi connectivity index (χ1) is 7.05. The number of rotatable bonds is 0. The van der Waals surface area contributed by atoms with Crippen molar-refractivity contribution in [1.29, 1.82) is 0 Å². The van der Waals surface area contributed by atoms with Gasteiger partial charge in [-0.05, 0) is 26.2 Å². The molecule has 1 amide bonds. The highest BCUT2D eigenvalue weighted by Gasteiger charge is 2.44. The highest BCUT2D eigenvalue weighted by Crippen LogP contribution is 2.32. The van der Waals surface area contributed by atoms with E-state index in [0.717, 1.165) is 13.1 Å². The topological polar surface area (TPSA) is 23.6 Å². The molecule has 0 bridgehead atoms. The smallest absolute Gasteiger partial charge is 0.240 e. The van der Waals surface area contributed by atoms with Crippen molar-refractivity contribution in [2.75, 3.05) is 20.1 Å². The van der Waals surface area contributed by atoms with Crippen LogP contribution in [0.15, 0.2) is 0 Å². The quantitative estimate of drug-likeness (QED) is 0.630. The minimum absolute atomic E-state index is 0.00810. The van der Waals surface area contributed by atoms with Crippen LogP contribution >= 0.6 is 0 Å². The van der Waals surface area contributed by atoms with E-state index in [1.807, 2.05) is 11.9 Å². The molecule has 0 aromatic carbocycles. The van der Waals surface area contributed by atoms with E-state index in [4.69, 9.17) is 0 Å².